The lowest BCUT2D eigenvalue weighted by atomic mass is 10.0. The number of carbonyl (C=O) groups excluding carboxylic acids is 1. The van der Waals surface area contributed by atoms with Crippen molar-refractivity contribution in [2.45, 2.75) is 315 Å². The number of amides is 1. The lowest BCUT2D eigenvalue weighted by molar-refractivity contribution is -0.870. The van der Waals surface area contributed by atoms with Crippen molar-refractivity contribution in [2.75, 3.05) is 40.9 Å². The summed E-state index contributed by atoms with van der Waals surface area (Å²) in [5.41, 5.74) is 0. The Morgan fingerprint density at radius 3 is 1.06 bits per heavy atom. The number of carbonyl (C=O) groups is 1. The molecule has 0 aliphatic heterocycles. The summed E-state index contributed by atoms with van der Waals surface area (Å²) in [6.07, 6.45) is 102. The second kappa shape index (κ2) is 67.0. The molecule has 0 radical (unpaired) electrons. The second-order valence-electron chi connectivity index (χ2n) is 25.2. The number of phosphoric ester groups is 1. The number of hydrogen-bond acceptors (Lipinski definition) is 5. The molecular weight excluding hydrogens is 1090 g/mol. The number of nitrogens with zero attached hydrogens (tertiary/aromatic N) is 1. The Labute approximate surface area is 538 Å². The molecule has 0 rings (SSSR count). The fourth-order valence-electron chi connectivity index (χ4n) is 10.1. The number of likely N-dealkylation sites (N-methyl/N-ethyl adjacent to an activating group) is 1. The van der Waals surface area contributed by atoms with E-state index in [9.17, 15) is 19.4 Å². The average Bonchev–Trinajstić information content (AvgIpc) is 3.71. The van der Waals surface area contributed by atoms with E-state index in [-0.39, 0.29) is 19.1 Å². The number of hydrogen-bond donors (Lipinski definition) is 3. The summed E-state index contributed by atoms with van der Waals surface area (Å²) in [6.45, 7) is 4.70. The Hall–Kier alpha value is -3.36. The number of unbranched alkanes of at least 4 members (excludes halogenated alkanes) is 32. The van der Waals surface area contributed by atoms with E-state index in [2.05, 4.69) is 141 Å². The zero-order valence-electron chi connectivity index (χ0n) is 57.2. The van der Waals surface area contributed by atoms with E-state index >= 15 is 0 Å². The summed E-state index contributed by atoms with van der Waals surface area (Å²) < 4.78 is 23.8. The number of rotatable bonds is 65. The third kappa shape index (κ3) is 70.0. The molecule has 9 heteroatoms. The molecule has 3 atom stereocenters. The van der Waals surface area contributed by atoms with Crippen molar-refractivity contribution >= 4 is 13.7 Å². The van der Waals surface area contributed by atoms with E-state index in [4.69, 9.17) is 9.05 Å². The smallest absolute Gasteiger partial charge is 0.387 e. The van der Waals surface area contributed by atoms with Gasteiger partial charge in [-0.05, 0) is 103 Å². The Morgan fingerprint density at radius 1 is 0.402 bits per heavy atom. The van der Waals surface area contributed by atoms with Gasteiger partial charge in [0.25, 0.3) is 0 Å². The van der Waals surface area contributed by atoms with Gasteiger partial charge in [0.1, 0.15) is 13.2 Å². The van der Waals surface area contributed by atoms with Gasteiger partial charge in [-0.3, -0.25) is 13.8 Å². The highest BCUT2D eigenvalue weighted by Gasteiger charge is 2.28. The first kappa shape index (κ1) is 83.6. The quantitative estimate of drug-likeness (QED) is 0.0243. The number of phosphoric acid groups is 1. The third-order valence-electron chi connectivity index (χ3n) is 15.6. The van der Waals surface area contributed by atoms with Crippen LogP contribution in [0.5, 0.6) is 0 Å². The first-order valence-electron chi connectivity index (χ1n) is 36.1. The second-order valence-corrected chi connectivity index (χ2v) is 26.7. The van der Waals surface area contributed by atoms with Crippen molar-refractivity contribution in [2.24, 2.45) is 0 Å². The zero-order valence-corrected chi connectivity index (χ0v) is 58.1. The van der Waals surface area contributed by atoms with Gasteiger partial charge < -0.3 is 19.8 Å². The van der Waals surface area contributed by atoms with Gasteiger partial charge in [-0.1, -0.05) is 327 Å². The Morgan fingerprint density at radius 2 is 0.701 bits per heavy atom. The molecule has 8 nitrogen and oxygen atoms in total. The van der Waals surface area contributed by atoms with Crippen molar-refractivity contribution in [1.82, 2.24) is 5.32 Å². The molecule has 3 N–H and O–H groups in total. The molecule has 0 bridgehead atoms. The molecule has 500 valence electrons. The third-order valence-corrected chi connectivity index (χ3v) is 16.6. The Bertz CT molecular complexity index is 1880. The molecule has 0 aromatic heterocycles. The van der Waals surface area contributed by atoms with Gasteiger partial charge in [-0.25, -0.2) is 4.57 Å². The van der Waals surface area contributed by atoms with Crippen molar-refractivity contribution < 1.29 is 32.9 Å². The molecular formula is C78H138N2O6P+. The number of quaternary nitrogens is 1. The van der Waals surface area contributed by atoms with E-state index in [0.29, 0.717) is 17.4 Å². The van der Waals surface area contributed by atoms with Crippen LogP contribution in [0.2, 0.25) is 0 Å². The largest absolute Gasteiger partial charge is 0.472 e. The molecule has 1 amide bonds. The predicted molar refractivity (Wildman–Crippen MR) is 382 cm³/mol. The summed E-state index contributed by atoms with van der Waals surface area (Å²) in [5, 5.41) is 14.0. The highest BCUT2D eigenvalue weighted by atomic mass is 31.2. The summed E-state index contributed by atoms with van der Waals surface area (Å²) in [6, 6.07) is -0.873. The molecule has 0 aromatic rings. The van der Waals surface area contributed by atoms with Crippen LogP contribution in [0.4, 0.5) is 0 Å². The standard InChI is InChI=1S/C78H137N2O6P/c1-6-8-10-12-14-16-18-20-22-24-26-28-30-32-33-34-35-36-37-38-39-40-41-42-43-44-45-46-47-48-50-52-54-56-58-60-62-64-66-68-70-72-78(82)79-76(75-86-87(83,84)85-74-73-80(3,4)5)77(81)71-69-67-65-63-61-59-57-55-53-51-49-31-29-27-25-23-21-19-17-15-13-11-9-7-2/h8,10,14,16,20,22,26,28,32-33,35-36,38-39,41-42,44-45,61,63,69,71,76-77,81H,6-7,9,11-13,15,17-19,21,23-25,27,29-31,34,37,40,43,46-60,62,64-68,70,72-75H2,1-5H3,(H-,79,82,83,84)/p+1/b10-8-,16-14-,22-20-,28-26-,33-32-,36-35-,39-38-,42-41-,45-44-,63-61+,71-69+. The Balaban J connectivity index is 4.10. The minimum Gasteiger partial charge on any atom is -0.387 e. The molecule has 0 aliphatic carbocycles. The summed E-state index contributed by atoms with van der Waals surface area (Å²) in [5.74, 6) is -0.190. The minimum atomic E-state index is -4.37. The van der Waals surface area contributed by atoms with Crippen LogP contribution in [-0.4, -0.2) is 73.4 Å². The van der Waals surface area contributed by atoms with Gasteiger partial charge in [0.2, 0.25) is 5.91 Å². The first-order chi connectivity index (χ1) is 42.5. The lowest BCUT2D eigenvalue weighted by Crippen LogP contribution is -2.45. The van der Waals surface area contributed by atoms with Crippen LogP contribution in [0.3, 0.4) is 0 Å². The topological polar surface area (TPSA) is 105 Å². The van der Waals surface area contributed by atoms with Crippen LogP contribution in [-0.2, 0) is 18.4 Å². The van der Waals surface area contributed by atoms with E-state index in [0.717, 1.165) is 96.3 Å². The van der Waals surface area contributed by atoms with Crippen LogP contribution in [0.1, 0.15) is 303 Å². The first-order valence-corrected chi connectivity index (χ1v) is 37.6. The molecule has 0 saturated heterocycles. The number of allylic oxidation sites excluding steroid dienone is 21. The van der Waals surface area contributed by atoms with Gasteiger partial charge in [0.05, 0.1) is 39.9 Å². The average molecular weight is 1230 g/mol. The highest BCUT2D eigenvalue weighted by molar-refractivity contribution is 7.47. The van der Waals surface area contributed by atoms with Gasteiger partial charge in [-0.2, -0.15) is 0 Å². The van der Waals surface area contributed by atoms with Gasteiger partial charge in [-0.15, -0.1) is 0 Å². The van der Waals surface area contributed by atoms with Crippen LogP contribution in [0.25, 0.3) is 0 Å². The molecule has 0 aliphatic rings. The Kier molecular flexibility index (Phi) is 64.5. The van der Waals surface area contributed by atoms with Crippen LogP contribution in [0.15, 0.2) is 134 Å². The van der Waals surface area contributed by atoms with Crippen molar-refractivity contribution in [3.05, 3.63) is 134 Å². The maximum atomic E-state index is 13.1. The van der Waals surface area contributed by atoms with Crippen LogP contribution in [0, 0.1) is 0 Å². The van der Waals surface area contributed by atoms with Crippen molar-refractivity contribution in [1.29, 1.82) is 0 Å². The van der Waals surface area contributed by atoms with E-state index in [1.165, 1.54) is 186 Å². The number of aliphatic hydroxyl groups is 1. The van der Waals surface area contributed by atoms with E-state index in [1.54, 1.807) is 6.08 Å². The summed E-state index contributed by atoms with van der Waals surface area (Å²) >= 11 is 0. The zero-order chi connectivity index (χ0) is 63.4. The summed E-state index contributed by atoms with van der Waals surface area (Å²) in [7, 11) is 1.55. The molecule has 0 spiro atoms. The molecule has 87 heavy (non-hydrogen) atoms. The molecule has 3 unspecified atom stereocenters. The number of aliphatic hydroxyl groups excluding tert-OH is 1. The normalized spacial score (nSPS) is 14.4. The molecule has 0 heterocycles. The van der Waals surface area contributed by atoms with Crippen LogP contribution < -0.4 is 5.32 Å². The number of nitrogens with one attached hydrogen (secondary N) is 1. The van der Waals surface area contributed by atoms with Gasteiger partial charge in [0.15, 0.2) is 0 Å². The highest BCUT2D eigenvalue weighted by Crippen LogP contribution is 2.43. The maximum absolute atomic E-state index is 13.1. The minimum absolute atomic E-state index is 0.0513. The molecule has 0 aromatic carbocycles. The maximum Gasteiger partial charge on any atom is 0.472 e. The van der Waals surface area contributed by atoms with Crippen LogP contribution >= 0.6 is 7.82 Å². The predicted octanol–water partition coefficient (Wildman–Crippen LogP) is 23.4. The van der Waals surface area contributed by atoms with E-state index < -0.39 is 20.0 Å². The fourth-order valence-corrected chi connectivity index (χ4v) is 10.8. The lowest BCUT2D eigenvalue weighted by Gasteiger charge is -2.25. The van der Waals surface area contributed by atoms with Crippen molar-refractivity contribution in [3.63, 3.8) is 0 Å². The summed E-state index contributed by atoms with van der Waals surface area (Å²) in [4.78, 5) is 23.4. The van der Waals surface area contributed by atoms with Crippen molar-refractivity contribution in [3.8, 4) is 0 Å². The molecule has 0 saturated carbocycles. The fraction of sp³-hybridized carbons (Fsp3) is 0.705. The monoisotopic (exact) mass is 1230 g/mol. The SMILES string of the molecule is CC/C=C\C/C=C\C/C=C\C/C=C\C/C=C\C/C=C\C/C=C\C/C=C\C/C=C\CCCCCCCCCCCCCCCC(=O)NC(COP(=O)(O)OCC[N+](C)(C)C)C(O)/C=C/CC/C=C/CCCCCCCCCCCCCCCCCCCC. The molecule has 0 fully saturated rings. The van der Waals surface area contributed by atoms with Gasteiger partial charge in [0, 0.05) is 6.42 Å². The van der Waals surface area contributed by atoms with Gasteiger partial charge >= 0.3 is 7.82 Å². The van der Waals surface area contributed by atoms with E-state index in [1.807, 2.05) is 27.2 Å².